The van der Waals surface area contributed by atoms with Crippen molar-refractivity contribution in [3.05, 3.63) is 101 Å². The highest BCUT2D eigenvalue weighted by atomic mass is 19.1. The number of halogens is 1. The third kappa shape index (κ3) is 9.13. The second kappa shape index (κ2) is 16.4. The summed E-state index contributed by atoms with van der Waals surface area (Å²) >= 11 is 0. The predicted octanol–water partition coefficient (Wildman–Crippen LogP) is 5.37. The molecule has 3 aromatic carbocycles. The standard InChI is InChI=1S/C39H45FN4O8/c1-24(43(5)38(49)52-39(2,3)4)34(45)42-32(26-17-19-50-20-18-26)36(47)44-22-28-13-9-10-14-29(28)33(44)35(46)41-31-21-27(15-16-30(31)40)37(48)51-23-25-11-7-6-8-12-25/h6-16,21,24,26,32-33H,17-20,22-23H2,1-5H3,(H,41,46)(H,42,45)/t24-,32-,33-/m0/s1. The Kier molecular flexibility index (Phi) is 11.9. The van der Waals surface area contributed by atoms with Gasteiger partial charge in [-0.05, 0) is 81.3 Å². The highest BCUT2D eigenvalue weighted by molar-refractivity contribution is 6.01. The van der Waals surface area contributed by atoms with Gasteiger partial charge in [-0.2, -0.15) is 0 Å². The van der Waals surface area contributed by atoms with Gasteiger partial charge in [-0.1, -0.05) is 54.6 Å². The Morgan fingerprint density at radius 3 is 2.35 bits per heavy atom. The Morgan fingerprint density at radius 1 is 0.981 bits per heavy atom. The Hall–Kier alpha value is -5.30. The van der Waals surface area contributed by atoms with Gasteiger partial charge in [-0.3, -0.25) is 19.3 Å². The van der Waals surface area contributed by atoms with Crippen LogP contribution in [0.3, 0.4) is 0 Å². The van der Waals surface area contributed by atoms with Crippen molar-refractivity contribution in [2.45, 2.75) is 77.4 Å². The smallest absolute Gasteiger partial charge is 0.410 e. The van der Waals surface area contributed by atoms with Gasteiger partial charge in [0.15, 0.2) is 0 Å². The van der Waals surface area contributed by atoms with Crippen LogP contribution >= 0.6 is 0 Å². The molecular formula is C39H45FN4O8. The SMILES string of the molecule is C[C@@H](C(=O)N[C@H](C(=O)N1Cc2ccccc2[C@H]1C(=O)Nc1cc(C(=O)OCc2ccccc2)ccc1F)C1CCOCC1)N(C)C(=O)OC(C)(C)C. The Bertz CT molecular complexity index is 1790. The summed E-state index contributed by atoms with van der Waals surface area (Å²) in [6, 6.07) is 16.4. The van der Waals surface area contributed by atoms with E-state index in [4.69, 9.17) is 14.2 Å². The molecule has 0 aromatic heterocycles. The van der Waals surface area contributed by atoms with E-state index < -0.39 is 59.3 Å². The van der Waals surface area contributed by atoms with E-state index in [1.165, 1.54) is 31.0 Å². The van der Waals surface area contributed by atoms with Gasteiger partial charge in [0.1, 0.15) is 36.2 Å². The minimum absolute atomic E-state index is 0.00949. The first kappa shape index (κ1) is 37.9. The van der Waals surface area contributed by atoms with Crippen LogP contribution in [0, 0.1) is 11.7 Å². The minimum Gasteiger partial charge on any atom is -0.457 e. The molecule has 2 aliphatic heterocycles. The zero-order chi connectivity index (χ0) is 37.6. The molecule has 0 spiro atoms. The van der Waals surface area contributed by atoms with E-state index >= 15 is 4.39 Å². The molecule has 12 nitrogen and oxygen atoms in total. The average molecular weight is 717 g/mol. The van der Waals surface area contributed by atoms with Crippen molar-refractivity contribution in [1.29, 1.82) is 0 Å². The van der Waals surface area contributed by atoms with Gasteiger partial charge >= 0.3 is 12.1 Å². The van der Waals surface area contributed by atoms with Crippen molar-refractivity contribution >= 4 is 35.5 Å². The lowest BCUT2D eigenvalue weighted by atomic mass is 9.90. The number of esters is 1. The average Bonchev–Trinajstić information content (AvgIpc) is 3.53. The molecule has 0 aliphatic carbocycles. The van der Waals surface area contributed by atoms with Crippen LogP contribution in [-0.2, 0) is 41.7 Å². The molecule has 0 bridgehead atoms. The first-order valence-electron chi connectivity index (χ1n) is 17.3. The predicted molar refractivity (Wildman–Crippen MR) is 189 cm³/mol. The number of carbonyl (C=O) groups is 5. The van der Waals surface area contributed by atoms with E-state index in [9.17, 15) is 24.0 Å². The molecule has 1 saturated heterocycles. The van der Waals surface area contributed by atoms with Gasteiger partial charge in [0, 0.05) is 26.8 Å². The van der Waals surface area contributed by atoms with Crippen LogP contribution in [0.2, 0.25) is 0 Å². The third-order valence-corrected chi connectivity index (χ3v) is 9.15. The van der Waals surface area contributed by atoms with Crippen molar-refractivity contribution in [3.63, 3.8) is 0 Å². The molecule has 0 unspecified atom stereocenters. The van der Waals surface area contributed by atoms with E-state index in [1.54, 1.807) is 57.2 Å². The Balaban J connectivity index is 1.37. The third-order valence-electron chi connectivity index (χ3n) is 9.15. The number of carbonyl (C=O) groups excluding carboxylic acids is 5. The zero-order valence-electron chi connectivity index (χ0n) is 30.0. The van der Waals surface area contributed by atoms with Crippen LogP contribution in [0.5, 0.6) is 0 Å². The summed E-state index contributed by atoms with van der Waals surface area (Å²) in [6.07, 6.45) is 0.253. The van der Waals surface area contributed by atoms with Crippen molar-refractivity contribution in [2.75, 3.05) is 25.6 Å². The van der Waals surface area contributed by atoms with E-state index in [1.807, 2.05) is 18.2 Å². The van der Waals surface area contributed by atoms with Gasteiger partial charge in [0.25, 0.3) is 5.91 Å². The highest BCUT2D eigenvalue weighted by Crippen LogP contribution is 2.36. The number of anilines is 1. The van der Waals surface area contributed by atoms with Crippen LogP contribution in [0.1, 0.15) is 73.6 Å². The molecule has 4 amide bonds. The fraction of sp³-hybridized carbons (Fsp3) is 0.410. The summed E-state index contributed by atoms with van der Waals surface area (Å²) in [5, 5.41) is 5.46. The quantitative estimate of drug-likeness (QED) is 0.267. The van der Waals surface area contributed by atoms with Crippen molar-refractivity contribution in [1.82, 2.24) is 15.1 Å². The number of rotatable bonds is 10. The number of ether oxygens (including phenoxy) is 3. The fourth-order valence-corrected chi connectivity index (χ4v) is 6.18. The second-order valence-electron chi connectivity index (χ2n) is 14.0. The number of nitrogens with one attached hydrogen (secondary N) is 2. The second-order valence-corrected chi connectivity index (χ2v) is 14.0. The van der Waals surface area contributed by atoms with Gasteiger partial charge < -0.3 is 29.7 Å². The van der Waals surface area contributed by atoms with Gasteiger partial charge in [0.05, 0.1) is 11.3 Å². The highest BCUT2D eigenvalue weighted by Gasteiger charge is 2.44. The Morgan fingerprint density at radius 2 is 1.65 bits per heavy atom. The summed E-state index contributed by atoms with van der Waals surface area (Å²) in [5.41, 5.74) is 1.02. The first-order valence-corrected chi connectivity index (χ1v) is 17.3. The number of likely N-dealkylation sites (N-methyl/N-ethyl adjacent to an activating group) is 1. The molecule has 1 fully saturated rings. The van der Waals surface area contributed by atoms with Gasteiger partial charge in [0.2, 0.25) is 11.8 Å². The molecule has 13 heteroatoms. The van der Waals surface area contributed by atoms with Crippen LogP contribution in [0.25, 0.3) is 0 Å². The summed E-state index contributed by atoms with van der Waals surface area (Å²) in [5.74, 6) is -3.61. The van der Waals surface area contributed by atoms with Crippen LogP contribution < -0.4 is 10.6 Å². The maximum Gasteiger partial charge on any atom is 0.410 e. The first-order chi connectivity index (χ1) is 24.7. The topological polar surface area (TPSA) is 144 Å². The lowest BCUT2D eigenvalue weighted by molar-refractivity contribution is -0.144. The molecule has 5 rings (SSSR count). The number of nitrogens with zero attached hydrogens (tertiary/aromatic N) is 2. The molecule has 3 atom stereocenters. The number of amides is 4. The summed E-state index contributed by atoms with van der Waals surface area (Å²) in [6.45, 7) is 7.52. The molecular weight excluding hydrogens is 671 g/mol. The Labute approximate surface area is 302 Å². The number of hydrogen-bond donors (Lipinski definition) is 2. The van der Waals surface area contributed by atoms with Gasteiger partial charge in [-0.15, -0.1) is 0 Å². The lowest BCUT2D eigenvalue weighted by Crippen LogP contribution is -2.57. The molecule has 0 saturated carbocycles. The number of hydrogen-bond acceptors (Lipinski definition) is 8. The molecule has 2 N–H and O–H groups in total. The monoisotopic (exact) mass is 716 g/mol. The molecule has 2 heterocycles. The van der Waals surface area contributed by atoms with E-state index in [2.05, 4.69) is 10.6 Å². The van der Waals surface area contributed by atoms with Crippen LogP contribution in [-0.4, -0.2) is 77.5 Å². The lowest BCUT2D eigenvalue weighted by Gasteiger charge is -2.36. The summed E-state index contributed by atoms with van der Waals surface area (Å²) in [7, 11) is 1.44. The van der Waals surface area contributed by atoms with Crippen LogP contribution in [0.15, 0.2) is 72.8 Å². The maximum absolute atomic E-state index is 15.1. The normalized spacial score (nSPS) is 17.0. The maximum atomic E-state index is 15.1. The van der Waals surface area contributed by atoms with Crippen molar-refractivity contribution in [2.24, 2.45) is 5.92 Å². The van der Waals surface area contributed by atoms with E-state index in [0.717, 1.165) is 16.5 Å². The molecule has 3 aromatic rings. The van der Waals surface area contributed by atoms with Crippen LogP contribution in [0.4, 0.5) is 14.9 Å². The number of benzene rings is 3. The largest absolute Gasteiger partial charge is 0.457 e. The molecule has 276 valence electrons. The van der Waals surface area contributed by atoms with E-state index in [0.29, 0.717) is 37.2 Å². The summed E-state index contributed by atoms with van der Waals surface area (Å²) in [4.78, 5) is 70.4. The fourth-order valence-electron chi connectivity index (χ4n) is 6.18. The number of fused-ring (bicyclic) bond motifs is 1. The minimum atomic E-state index is -1.18. The zero-order valence-corrected chi connectivity index (χ0v) is 30.0. The van der Waals surface area contributed by atoms with Crippen molar-refractivity contribution < 1.29 is 42.6 Å². The van der Waals surface area contributed by atoms with E-state index in [-0.39, 0.29) is 30.3 Å². The molecule has 0 radical (unpaired) electrons. The molecule has 2 aliphatic rings. The van der Waals surface area contributed by atoms with Gasteiger partial charge in [-0.25, -0.2) is 14.0 Å². The molecule has 52 heavy (non-hydrogen) atoms. The summed E-state index contributed by atoms with van der Waals surface area (Å²) < 4.78 is 31.5. The van der Waals surface area contributed by atoms with Crippen molar-refractivity contribution in [3.8, 4) is 0 Å².